The summed E-state index contributed by atoms with van der Waals surface area (Å²) in [5, 5.41) is 17.4. The second-order valence-electron chi connectivity index (χ2n) is 3.17. The molecule has 0 aliphatic carbocycles. The van der Waals surface area contributed by atoms with E-state index in [1.165, 1.54) is 0 Å². The third-order valence-electron chi connectivity index (χ3n) is 1.83. The average molecular weight is 324 g/mol. The third kappa shape index (κ3) is 3.92. The van der Waals surface area contributed by atoms with Gasteiger partial charge in [0.25, 0.3) is 0 Å². The number of hydrogen-bond acceptors (Lipinski definition) is 3. The van der Waals surface area contributed by atoms with Crippen molar-refractivity contribution in [3.63, 3.8) is 0 Å². The van der Waals surface area contributed by atoms with E-state index in [1.807, 2.05) is 0 Å². The summed E-state index contributed by atoms with van der Waals surface area (Å²) >= 11 is 2.89. The van der Waals surface area contributed by atoms with Crippen LogP contribution in [-0.4, -0.2) is 17.4 Å². The number of benzene rings is 1. The number of alkyl halides is 3. The van der Waals surface area contributed by atoms with Crippen molar-refractivity contribution in [2.45, 2.75) is 12.8 Å². The molecule has 1 aromatic rings. The van der Waals surface area contributed by atoms with Crippen LogP contribution in [0.3, 0.4) is 0 Å². The Labute approximate surface area is 108 Å². The van der Waals surface area contributed by atoms with Crippen molar-refractivity contribution in [2.24, 2.45) is 0 Å². The minimum absolute atomic E-state index is 0.0353. The van der Waals surface area contributed by atoms with Gasteiger partial charge in [-0.05, 0) is 33.6 Å². The highest BCUT2D eigenvalue weighted by Gasteiger charge is 2.31. The van der Waals surface area contributed by atoms with Crippen molar-refractivity contribution < 1.29 is 27.8 Å². The molecule has 0 amide bonds. The molecular formula is C10H5BrF3NO3. The molecule has 0 bridgehead atoms. The first kappa shape index (κ1) is 14.3. The summed E-state index contributed by atoms with van der Waals surface area (Å²) in [5.41, 5.74) is -0.0921. The van der Waals surface area contributed by atoms with Crippen molar-refractivity contribution in [3.05, 3.63) is 27.7 Å². The maximum atomic E-state index is 12.0. The van der Waals surface area contributed by atoms with Crippen molar-refractivity contribution >= 4 is 21.9 Å². The minimum atomic E-state index is -4.88. The summed E-state index contributed by atoms with van der Waals surface area (Å²) in [6, 6.07) is 3.55. The van der Waals surface area contributed by atoms with Gasteiger partial charge in [0.1, 0.15) is 11.8 Å². The molecule has 18 heavy (non-hydrogen) atoms. The van der Waals surface area contributed by atoms with Gasteiger partial charge in [-0.3, -0.25) is 4.79 Å². The average Bonchev–Trinajstić information content (AvgIpc) is 2.13. The molecule has 0 atom stereocenters. The molecule has 1 rings (SSSR count). The number of carbonyl (C=O) groups is 1. The Kier molecular flexibility index (Phi) is 4.19. The van der Waals surface area contributed by atoms with Crippen molar-refractivity contribution in [1.29, 1.82) is 5.26 Å². The summed E-state index contributed by atoms with van der Waals surface area (Å²) in [7, 11) is 0. The smallest absolute Gasteiger partial charge is 0.481 e. The van der Waals surface area contributed by atoms with E-state index in [4.69, 9.17) is 10.4 Å². The van der Waals surface area contributed by atoms with Gasteiger partial charge in [0.2, 0.25) is 0 Å². The van der Waals surface area contributed by atoms with E-state index in [1.54, 1.807) is 6.07 Å². The van der Waals surface area contributed by atoms with E-state index in [9.17, 15) is 18.0 Å². The quantitative estimate of drug-likeness (QED) is 0.928. The fourth-order valence-electron chi connectivity index (χ4n) is 1.26. The van der Waals surface area contributed by atoms with Crippen LogP contribution < -0.4 is 4.74 Å². The lowest BCUT2D eigenvalue weighted by atomic mass is 10.1. The van der Waals surface area contributed by atoms with Crippen LogP contribution in [0, 0.1) is 11.3 Å². The van der Waals surface area contributed by atoms with Gasteiger partial charge in [0, 0.05) is 4.47 Å². The minimum Gasteiger partial charge on any atom is -0.481 e. The van der Waals surface area contributed by atoms with Gasteiger partial charge in [-0.25, -0.2) is 0 Å². The van der Waals surface area contributed by atoms with Crippen LogP contribution in [0.15, 0.2) is 16.6 Å². The fourth-order valence-corrected chi connectivity index (χ4v) is 1.83. The van der Waals surface area contributed by atoms with Crippen LogP contribution >= 0.6 is 15.9 Å². The Morgan fingerprint density at radius 1 is 1.50 bits per heavy atom. The Morgan fingerprint density at radius 2 is 2.11 bits per heavy atom. The Bertz CT molecular complexity index is 522. The lowest BCUT2D eigenvalue weighted by Crippen LogP contribution is -2.17. The Balaban J connectivity index is 3.22. The van der Waals surface area contributed by atoms with E-state index in [0.29, 0.717) is 0 Å². The van der Waals surface area contributed by atoms with E-state index < -0.39 is 24.5 Å². The van der Waals surface area contributed by atoms with Crippen LogP contribution in [0.25, 0.3) is 0 Å². The van der Waals surface area contributed by atoms with Crippen molar-refractivity contribution in [1.82, 2.24) is 0 Å². The lowest BCUT2D eigenvalue weighted by Gasteiger charge is -2.11. The molecule has 0 fully saturated rings. The molecule has 0 aliphatic rings. The first-order valence-corrected chi connectivity index (χ1v) is 5.22. The zero-order valence-corrected chi connectivity index (χ0v) is 10.2. The molecule has 96 valence electrons. The summed E-state index contributed by atoms with van der Waals surface area (Å²) < 4.78 is 39.8. The number of carboxylic acids is 1. The normalized spacial score (nSPS) is 10.8. The monoisotopic (exact) mass is 323 g/mol. The molecule has 0 radical (unpaired) electrons. The molecule has 1 N–H and O–H groups in total. The third-order valence-corrected chi connectivity index (χ3v) is 2.46. The SMILES string of the molecule is N#Cc1c(Br)cc(OC(F)(F)F)cc1CC(=O)O. The van der Waals surface area contributed by atoms with E-state index in [2.05, 4.69) is 20.7 Å². The Morgan fingerprint density at radius 3 is 2.56 bits per heavy atom. The molecule has 0 aliphatic heterocycles. The summed E-state index contributed by atoms with van der Waals surface area (Å²) in [4.78, 5) is 10.6. The van der Waals surface area contributed by atoms with E-state index in [0.717, 1.165) is 12.1 Å². The van der Waals surface area contributed by atoms with Gasteiger partial charge in [0.05, 0.1) is 12.0 Å². The topological polar surface area (TPSA) is 70.3 Å². The first-order chi connectivity index (χ1) is 8.23. The van der Waals surface area contributed by atoms with Crippen molar-refractivity contribution in [2.75, 3.05) is 0 Å². The summed E-state index contributed by atoms with van der Waals surface area (Å²) in [6.45, 7) is 0. The van der Waals surface area contributed by atoms with Crippen LogP contribution in [0.2, 0.25) is 0 Å². The zero-order chi connectivity index (χ0) is 13.9. The first-order valence-electron chi connectivity index (χ1n) is 4.43. The van der Waals surface area contributed by atoms with Crippen molar-refractivity contribution in [3.8, 4) is 11.8 Å². The number of carboxylic acid groups (broad SMARTS) is 1. The maximum Gasteiger partial charge on any atom is 0.573 e. The standard InChI is InChI=1S/C10H5BrF3NO3/c11-8-3-6(18-10(12,13)14)1-5(2-9(16)17)7(8)4-15/h1,3H,2H2,(H,16,17). The number of ether oxygens (including phenoxy) is 1. The van der Waals surface area contributed by atoms with Crippen LogP contribution in [-0.2, 0) is 11.2 Å². The summed E-state index contributed by atoms with van der Waals surface area (Å²) in [6.07, 6.45) is -5.45. The van der Waals surface area contributed by atoms with Crippen LogP contribution in [0.4, 0.5) is 13.2 Å². The zero-order valence-electron chi connectivity index (χ0n) is 8.58. The number of rotatable bonds is 3. The Hall–Kier alpha value is -1.75. The predicted molar refractivity (Wildman–Crippen MR) is 56.9 cm³/mol. The van der Waals surface area contributed by atoms with Gasteiger partial charge in [-0.2, -0.15) is 5.26 Å². The summed E-state index contributed by atoms with van der Waals surface area (Å²) in [5.74, 6) is -1.84. The number of aliphatic carboxylic acids is 1. The number of nitrogens with zero attached hydrogens (tertiary/aromatic N) is 1. The highest BCUT2D eigenvalue weighted by atomic mass is 79.9. The molecule has 1 aromatic carbocycles. The molecular weight excluding hydrogens is 319 g/mol. The van der Waals surface area contributed by atoms with Gasteiger partial charge in [-0.15, -0.1) is 13.2 Å². The molecule has 0 saturated heterocycles. The second-order valence-corrected chi connectivity index (χ2v) is 4.02. The van der Waals surface area contributed by atoms with Crippen LogP contribution in [0.1, 0.15) is 11.1 Å². The largest absolute Gasteiger partial charge is 0.573 e. The molecule has 0 spiro atoms. The fraction of sp³-hybridized carbons (Fsp3) is 0.200. The van der Waals surface area contributed by atoms with Gasteiger partial charge < -0.3 is 9.84 Å². The molecule has 4 nitrogen and oxygen atoms in total. The number of nitriles is 1. The van der Waals surface area contributed by atoms with Crippen LogP contribution in [0.5, 0.6) is 5.75 Å². The predicted octanol–water partition coefficient (Wildman–Crippen LogP) is 2.85. The number of halogens is 4. The van der Waals surface area contributed by atoms with E-state index >= 15 is 0 Å². The molecule has 0 unspecified atom stereocenters. The van der Waals surface area contributed by atoms with E-state index in [-0.39, 0.29) is 15.6 Å². The second kappa shape index (κ2) is 5.27. The highest BCUT2D eigenvalue weighted by Crippen LogP contribution is 2.30. The van der Waals surface area contributed by atoms with Gasteiger partial charge >= 0.3 is 12.3 Å². The molecule has 0 saturated carbocycles. The highest BCUT2D eigenvalue weighted by molar-refractivity contribution is 9.10. The maximum absolute atomic E-state index is 12.0. The van der Waals surface area contributed by atoms with Gasteiger partial charge in [-0.1, -0.05) is 0 Å². The molecule has 8 heteroatoms. The molecule has 0 aromatic heterocycles. The number of hydrogen-bond donors (Lipinski definition) is 1. The lowest BCUT2D eigenvalue weighted by molar-refractivity contribution is -0.274. The van der Waals surface area contributed by atoms with Gasteiger partial charge in [0.15, 0.2) is 0 Å². The molecule has 0 heterocycles.